The standard InChI is InChI=1S/C55H107NO5/c1-3-5-7-9-11-13-15-17-18-19-20-21-22-24-29-33-37-41-45-49-55(60)61-50-46-42-38-34-30-26-25-28-32-36-40-44-48-54(59)56-52(51-57)53(58)47-43-39-35-31-27-23-16-14-12-10-8-6-4-2/h17-18,52-53,57-58H,3-16,19-51H2,1-2H3,(H,56,59)/b18-17-. The summed E-state index contributed by atoms with van der Waals surface area (Å²) in [5.41, 5.74) is 0. The number of hydrogen-bond acceptors (Lipinski definition) is 5. The molecule has 2 unspecified atom stereocenters. The molecule has 61 heavy (non-hydrogen) atoms. The lowest BCUT2D eigenvalue weighted by Gasteiger charge is -2.22. The van der Waals surface area contributed by atoms with Gasteiger partial charge in [-0.2, -0.15) is 0 Å². The average Bonchev–Trinajstić information content (AvgIpc) is 3.26. The van der Waals surface area contributed by atoms with Crippen LogP contribution < -0.4 is 5.32 Å². The second-order valence-electron chi connectivity index (χ2n) is 18.9. The number of nitrogens with one attached hydrogen (secondary N) is 1. The van der Waals surface area contributed by atoms with Crippen molar-refractivity contribution in [2.45, 2.75) is 315 Å². The molecule has 0 aliphatic rings. The second-order valence-corrected chi connectivity index (χ2v) is 18.9. The number of carbonyl (C=O) groups excluding carboxylic acids is 2. The first-order chi connectivity index (χ1) is 30.0. The lowest BCUT2D eigenvalue weighted by Crippen LogP contribution is -2.45. The Hall–Kier alpha value is -1.40. The Morgan fingerprint density at radius 1 is 0.443 bits per heavy atom. The highest BCUT2D eigenvalue weighted by Gasteiger charge is 2.20. The normalized spacial score (nSPS) is 12.7. The highest BCUT2D eigenvalue weighted by atomic mass is 16.5. The van der Waals surface area contributed by atoms with Crippen LogP contribution in [0.3, 0.4) is 0 Å². The number of unbranched alkanes of at least 4 members (excludes halogenated alkanes) is 38. The van der Waals surface area contributed by atoms with Crippen molar-refractivity contribution in [3.05, 3.63) is 12.2 Å². The summed E-state index contributed by atoms with van der Waals surface area (Å²) in [4.78, 5) is 24.5. The summed E-state index contributed by atoms with van der Waals surface area (Å²) < 4.78 is 5.48. The van der Waals surface area contributed by atoms with Crippen LogP contribution in [0.2, 0.25) is 0 Å². The van der Waals surface area contributed by atoms with E-state index in [9.17, 15) is 19.8 Å². The van der Waals surface area contributed by atoms with Crippen molar-refractivity contribution in [2.75, 3.05) is 13.2 Å². The maximum atomic E-state index is 12.4. The molecule has 0 heterocycles. The van der Waals surface area contributed by atoms with Crippen molar-refractivity contribution in [1.82, 2.24) is 5.32 Å². The van der Waals surface area contributed by atoms with Crippen LogP contribution in [0.5, 0.6) is 0 Å². The van der Waals surface area contributed by atoms with E-state index < -0.39 is 12.1 Å². The molecule has 1 amide bonds. The first-order valence-corrected chi connectivity index (χ1v) is 27.4. The van der Waals surface area contributed by atoms with E-state index in [2.05, 4.69) is 31.3 Å². The molecule has 2 atom stereocenters. The maximum Gasteiger partial charge on any atom is 0.305 e. The highest BCUT2D eigenvalue weighted by molar-refractivity contribution is 5.76. The van der Waals surface area contributed by atoms with Crippen molar-refractivity contribution in [3.8, 4) is 0 Å². The number of aliphatic hydroxyl groups excluding tert-OH is 2. The minimum Gasteiger partial charge on any atom is -0.466 e. The molecule has 0 radical (unpaired) electrons. The van der Waals surface area contributed by atoms with Crippen molar-refractivity contribution in [1.29, 1.82) is 0 Å². The Balaban J connectivity index is 3.42. The summed E-state index contributed by atoms with van der Waals surface area (Å²) in [5.74, 6) is -0.0588. The van der Waals surface area contributed by atoms with E-state index in [1.54, 1.807) is 0 Å². The van der Waals surface area contributed by atoms with Gasteiger partial charge in [0, 0.05) is 12.8 Å². The molecule has 6 heteroatoms. The number of rotatable bonds is 51. The number of allylic oxidation sites excluding steroid dienone is 2. The fraction of sp³-hybridized carbons (Fsp3) is 0.927. The largest absolute Gasteiger partial charge is 0.466 e. The Kier molecular flexibility index (Phi) is 50.1. The number of esters is 1. The Morgan fingerprint density at radius 3 is 1.16 bits per heavy atom. The quantitative estimate of drug-likeness (QED) is 0.0322. The van der Waals surface area contributed by atoms with E-state index in [0.29, 0.717) is 25.9 Å². The lowest BCUT2D eigenvalue weighted by atomic mass is 10.0. The predicted molar refractivity (Wildman–Crippen MR) is 264 cm³/mol. The molecule has 0 rings (SSSR count). The maximum absolute atomic E-state index is 12.4. The predicted octanol–water partition coefficient (Wildman–Crippen LogP) is 16.5. The molecule has 0 aromatic carbocycles. The second kappa shape index (κ2) is 51.2. The van der Waals surface area contributed by atoms with Crippen molar-refractivity contribution >= 4 is 11.9 Å². The van der Waals surface area contributed by atoms with Crippen LogP contribution >= 0.6 is 0 Å². The van der Waals surface area contributed by atoms with Crippen LogP contribution in [0.25, 0.3) is 0 Å². The van der Waals surface area contributed by atoms with Crippen molar-refractivity contribution < 1.29 is 24.5 Å². The zero-order valence-electron chi connectivity index (χ0n) is 41.2. The summed E-state index contributed by atoms with van der Waals surface area (Å²) >= 11 is 0. The third-order valence-electron chi connectivity index (χ3n) is 12.8. The van der Waals surface area contributed by atoms with Crippen LogP contribution in [-0.4, -0.2) is 47.4 Å². The Morgan fingerprint density at radius 2 is 0.770 bits per heavy atom. The smallest absolute Gasteiger partial charge is 0.305 e. The van der Waals surface area contributed by atoms with Gasteiger partial charge in [-0.15, -0.1) is 0 Å². The summed E-state index contributed by atoms with van der Waals surface area (Å²) in [7, 11) is 0. The van der Waals surface area contributed by atoms with Gasteiger partial charge < -0.3 is 20.3 Å². The summed E-state index contributed by atoms with van der Waals surface area (Å²) in [6.45, 7) is 4.92. The van der Waals surface area contributed by atoms with Gasteiger partial charge in [0.25, 0.3) is 0 Å². The average molecular weight is 862 g/mol. The van der Waals surface area contributed by atoms with E-state index in [1.165, 1.54) is 212 Å². The van der Waals surface area contributed by atoms with Gasteiger partial charge in [0.15, 0.2) is 0 Å². The molecule has 0 saturated carbocycles. The van der Waals surface area contributed by atoms with Gasteiger partial charge in [0.05, 0.1) is 25.4 Å². The van der Waals surface area contributed by atoms with Gasteiger partial charge in [-0.25, -0.2) is 0 Å². The first kappa shape index (κ1) is 59.6. The fourth-order valence-corrected chi connectivity index (χ4v) is 8.58. The Bertz CT molecular complexity index is 909. The van der Waals surface area contributed by atoms with E-state index in [1.807, 2.05) is 0 Å². The molecule has 0 aliphatic heterocycles. The zero-order chi connectivity index (χ0) is 44.4. The van der Waals surface area contributed by atoms with E-state index >= 15 is 0 Å². The minimum absolute atomic E-state index is 0.00922. The van der Waals surface area contributed by atoms with Crippen LogP contribution in [-0.2, 0) is 14.3 Å². The Labute approximate surface area is 380 Å². The first-order valence-electron chi connectivity index (χ1n) is 27.4. The molecular weight excluding hydrogens is 755 g/mol. The number of aliphatic hydroxyl groups is 2. The van der Waals surface area contributed by atoms with Gasteiger partial charge >= 0.3 is 5.97 Å². The van der Waals surface area contributed by atoms with Gasteiger partial charge in [0.2, 0.25) is 5.91 Å². The van der Waals surface area contributed by atoms with Gasteiger partial charge in [-0.05, 0) is 51.4 Å². The molecule has 362 valence electrons. The lowest BCUT2D eigenvalue weighted by molar-refractivity contribution is -0.143. The number of carbonyl (C=O) groups is 2. The number of ether oxygens (including phenoxy) is 1. The third kappa shape index (κ3) is 47.9. The highest BCUT2D eigenvalue weighted by Crippen LogP contribution is 2.17. The van der Waals surface area contributed by atoms with Crippen molar-refractivity contribution in [2.24, 2.45) is 0 Å². The SMILES string of the molecule is CCCCCCCC/C=C\CCCCCCCCCCCC(=O)OCCCCCCCCCCCCCCC(=O)NC(CO)C(O)CCCCCCCCCCCCCCC. The summed E-state index contributed by atoms with van der Waals surface area (Å²) in [6, 6.07) is -0.552. The van der Waals surface area contributed by atoms with Gasteiger partial charge in [0.1, 0.15) is 0 Å². The van der Waals surface area contributed by atoms with Gasteiger partial charge in [-0.1, -0.05) is 251 Å². The molecule has 0 bridgehead atoms. The molecule has 0 saturated heterocycles. The van der Waals surface area contributed by atoms with Crippen LogP contribution in [0.4, 0.5) is 0 Å². The molecule has 0 aliphatic carbocycles. The van der Waals surface area contributed by atoms with E-state index in [-0.39, 0.29) is 18.5 Å². The molecular formula is C55H107NO5. The summed E-state index contributed by atoms with van der Waals surface area (Å²) in [5, 5.41) is 23.2. The number of hydrogen-bond donors (Lipinski definition) is 3. The summed E-state index contributed by atoms with van der Waals surface area (Å²) in [6.07, 6.45) is 59.0. The molecule has 0 aromatic heterocycles. The molecule has 3 N–H and O–H groups in total. The fourth-order valence-electron chi connectivity index (χ4n) is 8.58. The molecule has 0 fully saturated rings. The van der Waals surface area contributed by atoms with Gasteiger partial charge in [-0.3, -0.25) is 9.59 Å². The minimum atomic E-state index is -0.673. The number of amides is 1. The van der Waals surface area contributed by atoms with E-state index in [0.717, 1.165) is 57.8 Å². The van der Waals surface area contributed by atoms with Crippen LogP contribution in [0.1, 0.15) is 303 Å². The zero-order valence-corrected chi connectivity index (χ0v) is 41.2. The van der Waals surface area contributed by atoms with Crippen LogP contribution in [0.15, 0.2) is 12.2 Å². The molecule has 0 aromatic rings. The molecule has 0 spiro atoms. The third-order valence-corrected chi connectivity index (χ3v) is 12.8. The molecule has 6 nitrogen and oxygen atoms in total. The van der Waals surface area contributed by atoms with Crippen LogP contribution in [0, 0.1) is 0 Å². The monoisotopic (exact) mass is 862 g/mol. The topological polar surface area (TPSA) is 95.9 Å². The van der Waals surface area contributed by atoms with E-state index in [4.69, 9.17) is 4.74 Å². The van der Waals surface area contributed by atoms with Crippen molar-refractivity contribution in [3.63, 3.8) is 0 Å².